The number of hydrogen-bond donors (Lipinski definition) is 1. The Kier molecular flexibility index (Phi) is 5.06. The molecule has 1 unspecified atom stereocenters. The van der Waals surface area contributed by atoms with Gasteiger partial charge in [-0.25, -0.2) is 4.79 Å². The van der Waals surface area contributed by atoms with Gasteiger partial charge in [0.15, 0.2) is 0 Å². The van der Waals surface area contributed by atoms with E-state index in [0.29, 0.717) is 35.4 Å². The number of nitrogens with zero attached hydrogens (tertiary/aromatic N) is 1. The maximum atomic E-state index is 12.4. The molecule has 0 aliphatic carbocycles. The smallest absolute Gasteiger partial charge is 0.322 e. The topological polar surface area (TPSA) is 41.6 Å². The predicted octanol–water partition coefficient (Wildman–Crippen LogP) is 4.60. The van der Waals surface area contributed by atoms with Crippen LogP contribution in [0, 0.1) is 0 Å². The number of hydrogen-bond acceptors (Lipinski definition) is 2. The van der Waals surface area contributed by atoms with E-state index in [9.17, 15) is 4.79 Å². The van der Waals surface area contributed by atoms with Crippen molar-refractivity contribution in [3.63, 3.8) is 0 Å². The lowest BCUT2D eigenvalue weighted by Gasteiger charge is -2.33. The zero-order valence-corrected chi connectivity index (χ0v) is 13.8. The molecule has 0 bridgehead atoms. The van der Waals surface area contributed by atoms with Crippen molar-refractivity contribution in [2.75, 3.05) is 25.0 Å². The average Bonchev–Trinajstić information content (AvgIpc) is 2.55. The molecule has 23 heavy (non-hydrogen) atoms. The molecule has 3 rings (SSSR count). The number of carbonyl (C=O) groups is 1. The lowest BCUT2D eigenvalue weighted by molar-refractivity contribution is -0.0135. The van der Waals surface area contributed by atoms with Gasteiger partial charge in [0.2, 0.25) is 0 Å². The first kappa shape index (κ1) is 16.1. The van der Waals surface area contributed by atoms with E-state index in [1.54, 1.807) is 29.2 Å². The highest BCUT2D eigenvalue weighted by Crippen LogP contribution is 2.25. The molecular weight excluding hydrogens is 335 g/mol. The van der Waals surface area contributed by atoms with Crippen molar-refractivity contribution in [1.82, 2.24) is 4.90 Å². The number of carbonyl (C=O) groups excluding carboxylic acids is 1. The Bertz CT molecular complexity index is 708. The number of ether oxygens (including phenoxy) is 1. The van der Waals surface area contributed by atoms with Crippen molar-refractivity contribution in [1.29, 1.82) is 0 Å². The number of rotatable bonds is 2. The molecule has 1 saturated heterocycles. The average molecular weight is 351 g/mol. The third-order valence-electron chi connectivity index (χ3n) is 3.65. The molecule has 1 fully saturated rings. The van der Waals surface area contributed by atoms with Gasteiger partial charge in [-0.3, -0.25) is 0 Å². The Balaban J connectivity index is 1.67. The normalized spacial score (nSPS) is 17.8. The van der Waals surface area contributed by atoms with Crippen LogP contribution in [0.2, 0.25) is 10.0 Å². The Hall–Kier alpha value is -1.75. The lowest BCUT2D eigenvalue weighted by atomic mass is 10.1. The first-order valence-electron chi connectivity index (χ1n) is 7.30. The molecule has 120 valence electrons. The zero-order valence-electron chi connectivity index (χ0n) is 12.3. The molecule has 0 spiro atoms. The second-order valence-electron chi connectivity index (χ2n) is 5.30. The summed E-state index contributed by atoms with van der Waals surface area (Å²) in [6.45, 7) is 1.51. The van der Waals surface area contributed by atoms with E-state index < -0.39 is 0 Å². The molecule has 0 aromatic heterocycles. The summed E-state index contributed by atoms with van der Waals surface area (Å²) >= 11 is 12.0. The minimum Gasteiger partial charge on any atom is -0.370 e. The minimum absolute atomic E-state index is 0.164. The third-order valence-corrected chi connectivity index (χ3v) is 4.12. The van der Waals surface area contributed by atoms with Crippen molar-refractivity contribution in [2.45, 2.75) is 6.10 Å². The summed E-state index contributed by atoms with van der Waals surface area (Å²) in [5.74, 6) is 0. The summed E-state index contributed by atoms with van der Waals surface area (Å²) in [7, 11) is 0. The van der Waals surface area contributed by atoms with Crippen LogP contribution in [0.15, 0.2) is 48.5 Å². The second-order valence-corrected chi connectivity index (χ2v) is 6.17. The number of nitrogens with one attached hydrogen (secondary N) is 1. The highest BCUT2D eigenvalue weighted by atomic mass is 35.5. The largest absolute Gasteiger partial charge is 0.370 e. The van der Waals surface area contributed by atoms with Gasteiger partial charge in [-0.05, 0) is 35.9 Å². The van der Waals surface area contributed by atoms with E-state index in [1.807, 2.05) is 24.3 Å². The molecule has 1 atom stereocenters. The van der Waals surface area contributed by atoms with Crippen LogP contribution in [0.25, 0.3) is 0 Å². The number of urea groups is 1. The number of morpholine rings is 1. The van der Waals surface area contributed by atoms with Crippen LogP contribution in [0.3, 0.4) is 0 Å². The van der Waals surface area contributed by atoms with Gasteiger partial charge in [0, 0.05) is 22.3 Å². The van der Waals surface area contributed by atoms with E-state index in [4.69, 9.17) is 27.9 Å². The fourth-order valence-electron chi connectivity index (χ4n) is 2.51. The van der Waals surface area contributed by atoms with Gasteiger partial charge in [-0.1, -0.05) is 41.4 Å². The van der Waals surface area contributed by atoms with Crippen molar-refractivity contribution in [2.24, 2.45) is 0 Å². The van der Waals surface area contributed by atoms with Crippen LogP contribution in [0.5, 0.6) is 0 Å². The summed E-state index contributed by atoms with van der Waals surface area (Å²) < 4.78 is 5.77. The van der Waals surface area contributed by atoms with E-state index in [1.165, 1.54) is 0 Å². The summed E-state index contributed by atoms with van der Waals surface area (Å²) in [5, 5.41) is 4.10. The molecule has 6 heteroatoms. The van der Waals surface area contributed by atoms with Gasteiger partial charge in [0.1, 0.15) is 6.10 Å². The van der Waals surface area contributed by atoms with Gasteiger partial charge in [-0.2, -0.15) is 0 Å². The number of anilines is 1. The monoisotopic (exact) mass is 350 g/mol. The summed E-state index contributed by atoms with van der Waals surface area (Å²) in [6.07, 6.45) is -0.174. The summed E-state index contributed by atoms with van der Waals surface area (Å²) in [4.78, 5) is 14.1. The Morgan fingerprint density at radius 2 is 1.87 bits per heavy atom. The highest BCUT2D eigenvalue weighted by Gasteiger charge is 2.25. The van der Waals surface area contributed by atoms with Gasteiger partial charge in [0.05, 0.1) is 13.2 Å². The molecule has 4 nitrogen and oxygen atoms in total. The van der Waals surface area contributed by atoms with Crippen LogP contribution in [-0.2, 0) is 4.74 Å². The second kappa shape index (κ2) is 7.21. The van der Waals surface area contributed by atoms with E-state index in [-0.39, 0.29) is 12.1 Å². The Labute approximate surface area is 144 Å². The van der Waals surface area contributed by atoms with Gasteiger partial charge in [-0.15, -0.1) is 0 Å². The zero-order chi connectivity index (χ0) is 16.2. The molecule has 2 amide bonds. The number of amides is 2. The maximum Gasteiger partial charge on any atom is 0.322 e. The third kappa shape index (κ3) is 4.16. The van der Waals surface area contributed by atoms with Gasteiger partial charge in [0.25, 0.3) is 0 Å². The molecule has 1 aliphatic heterocycles. The maximum absolute atomic E-state index is 12.4. The van der Waals surface area contributed by atoms with E-state index in [2.05, 4.69) is 5.32 Å². The molecule has 2 aromatic carbocycles. The van der Waals surface area contributed by atoms with Crippen LogP contribution >= 0.6 is 23.2 Å². The molecular formula is C17H16Cl2N2O2. The quantitative estimate of drug-likeness (QED) is 0.859. The van der Waals surface area contributed by atoms with E-state index in [0.717, 1.165) is 5.56 Å². The van der Waals surface area contributed by atoms with Crippen molar-refractivity contribution in [3.05, 3.63) is 64.1 Å². The van der Waals surface area contributed by atoms with Crippen LogP contribution < -0.4 is 5.32 Å². The van der Waals surface area contributed by atoms with Crippen LogP contribution in [0.1, 0.15) is 11.7 Å². The first-order valence-corrected chi connectivity index (χ1v) is 8.06. The number of halogens is 2. The standard InChI is InChI=1S/C17H16Cl2N2O2/c18-13-4-1-3-12(9-13)16-11-21(7-8-23-16)17(22)20-15-6-2-5-14(19)10-15/h1-6,9-10,16H,7-8,11H2,(H,20,22). The van der Waals surface area contributed by atoms with Crippen LogP contribution in [0.4, 0.5) is 10.5 Å². The fourth-order valence-corrected chi connectivity index (χ4v) is 2.90. The van der Waals surface area contributed by atoms with E-state index >= 15 is 0 Å². The lowest BCUT2D eigenvalue weighted by Crippen LogP contribution is -2.44. The van der Waals surface area contributed by atoms with Gasteiger partial charge < -0.3 is 15.0 Å². The predicted molar refractivity (Wildman–Crippen MR) is 92.2 cm³/mol. The first-order chi connectivity index (χ1) is 11.1. The fraction of sp³-hybridized carbons (Fsp3) is 0.235. The Morgan fingerprint density at radius 1 is 1.13 bits per heavy atom. The number of benzene rings is 2. The molecule has 1 aliphatic rings. The molecule has 1 heterocycles. The SMILES string of the molecule is O=C(Nc1cccc(Cl)c1)N1CCOC(c2cccc(Cl)c2)C1. The van der Waals surface area contributed by atoms with Crippen LogP contribution in [-0.4, -0.2) is 30.6 Å². The Morgan fingerprint density at radius 3 is 2.61 bits per heavy atom. The van der Waals surface area contributed by atoms with Crippen molar-refractivity contribution >= 4 is 34.9 Å². The van der Waals surface area contributed by atoms with Gasteiger partial charge >= 0.3 is 6.03 Å². The summed E-state index contributed by atoms with van der Waals surface area (Å²) in [5.41, 5.74) is 1.64. The highest BCUT2D eigenvalue weighted by molar-refractivity contribution is 6.31. The molecule has 0 saturated carbocycles. The molecule has 0 radical (unpaired) electrons. The molecule has 2 aromatic rings. The summed E-state index contributed by atoms with van der Waals surface area (Å²) in [6, 6.07) is 14.4. The minimum atomic E-state index is -0.174. The van der Waals surface area contributed by atoms with Crippen molar-refractivity contribution in [3.8, 4) is 0 Å². The molecule has 1 N–H and O–H groups in total. The van der Waals surface area contributed by atoms with Crippen molar-refractivity contribution < 1.29 is 9.53 Å².